The number of piperidine rings is 1. The number of aliphatic hydroxyl groups is 1. The van der Waals surface area contributed by atoms with Crippen LogP contribution in [-0.2, 0) is 11.0 Å². The van der Waals surface area contributed by atoms with Crippen LogP contribution in [0.1, 0.15) is 50.5 Å². The molecule has 2 aliphatic heterocycles. The molecule has 0 bridgehead atoms. The van der Waals surface area contributed by atoms with E-state index in [-0.39, 0.29) is 30.4 Å². The van der Waals surface area contributed by atoms with Crippen LogP contribution in [-0.4, -0.2) is 52.7 Å². The molecule has 1 aliphatic carbocycles. The number of anilines is 1. The molecule has 4 rings (SSSR count). The highest BCUT2D eigenvalue weighted by Gasteiger charge is 2.51. The number of hydrogen-bond acceptors (Lipinski definition) is 4. The molecular formula is C20H26F3N3O2. The molecule has 0 unspecified atom stereocenters. The number of carbonyl (C=O) groups is 1. The number of rotatable bonds is 2. The third-order valence-electron chi connectivity index (χ3n) is 6.62. The molecule has 3 fully saturated rings. The van der Waals surface area contributed by atoms with Crippen LogP contribution in [0.5, 0.6) is 0 Å². The molecular weight excluding hydrogens is 371 g/mol. The van der Waals surface area contributed by atoms with Crippen LogP contribution in [0.15, 0.2) is 18.3 Å². The van der Waals surface area contributed by atoms with Crippen molar-refractivity contribution in [3.8, 4) is 0 Å². The Hall–Kier alpha value is -1.83. The smallest absolute Gasteiger partial charge is 0.393 e. The maximum atomic E-state index is 13.4. The zero-order valence-electron chi connectivity index (χ0n) is 15.8. The Morgan fingerprint density at radius 3 is 2.61 bits per heavy atom. The number of amides is 1. The molecule has 1 aromatic heterocycles. The summed E-state index contributed by atoms with van der Waals surface area (Å²) in [5.41, 5.74) is -1.36. The van der Waals surface area contributed by atoms with Crippen LogP contribution >= 0.6 is 0 Å². The second-order valence-electron chi connectivity index (χ2n) is 8.39. The molecule has 0 aromatic carbocycles. The second kappa shape index (κ2) is 7.21. The van der Waals surface area contributed by atoms with Gasteiger partial charge in [-0.15, -0.1) is 0 Å². The van der Waals surface area contributed by atoms with E-state index in [1.807, 2.05) is 4.90 Å². The Labute approximate surface area is 162 Å². The lowest BCUT2D eigenvalue weighted by molar-refractivity contribution is -0.139. The molecule has 1 spiro atoms. The summed E-state index contributed by atoms with van der Waals surface area (Å²) in [5, 5.41) is 9.72. The maximum absolute atomic E-state index is 13.4. The van der Waals surface area contributed by atoms with E-state index in [4.69, 9.17) is 0 Å². The van der Waals surface area contributed by atoms with Gasteiger partial charge in [0.05, 0.1) is 17.1 Å². The van der Waals surface area contributed by atoms with Crippen molar-refractivity contribution in [2.45, 2.75) is 63.3 Å². The number of aromatic nitrogens is 1. The van der Waals surface area contributed by atoms with Gasteiger partial charge in [-0.05, 0) is 57.1 Å². The van der Waals surface area contributed by atoms with Gasteiger partial charge in [0, 0.05) is 31.9 Å². The highest BCUT2D eigenvalue weighted by molar-refractivity contribution is 5.86. The second-order valence-corrected chi connectivity index (χ2v) is 8.39. The summed E-state index contributed by atoms with van der Waals surface area (Å²) in [6.07, 6.45) is 1.70. The van der Waals surface area contributed by atoms with Crippen molar-refractivity contribution < 1.29 is 23.1 Å². The van der Waals surface area contributed by atoms with Crippen molar-refractivity contribution in [3.63, 3.8) is 0 Å². The van der Waals surface area contributed by atoms with Crippen LogP contribution in [0.3, 0.4) is 0 Å². The largest absolute Gasteiger partial charge is 0.419 e. The predicted octanol–water partition coefficient (Wildman–Crippen LogP) is 3.22. The van der Waals surface area contributed by atoms with Gasteiger partial charge in [0.2, 0.25) is 5.91 Å². The van der Waals surface area contributed by atoms with Crippen molar-refractivity contribution in [1.82, 2.24) is 9.88 Å². The first kappa shape index (κ1) is 19.5. The van der Waals surface area contributed by atoms with Gasteiger partial charge in [0.25, 0.3) is 0 Å². The first-order chi connectivity index (χ1) is 13.3. The fourth-order valence-corrected chi connectivity index (χ4v) is 5.13. The van der Waals surface area contributed by atoms with E-state index in [0.717, 1.165) is 18.9 Å². The summed E-state index contributed by atoms with van der Waals surface area (Å²) in [6, 6.07) is 2.50. The molecule has 154 valence electrons. The van der Waals surface area contributed by atoms with Crippen LogP contribution < -0.4 is 4.90 Å². The summed E-state index contributed by atoms with van der Waals surface area (Å²) >= 11 is 0. The monoisotopic (exact) mass is 397 g/mol. The van der Waals surface area contributed by atoms with Gasteiger partial charge < -0.3 is 14.9 Å². The first-order valence-electron chi connectivity index (χ1n) is 10.1. The number of alkyl halides is 3. The highest BCUT2D eigenvalue weighted by atomic mass is 19.4. The van der Waals surface area contributed by atoms with Crippen molar-refractivity contribution in [2.24, 2.45) is 5.41 Å². The number of likely N-dealkylation sites (tertiary alicyclic amines) is 1. The van der Waals surface area contributed by atoms with Crippen LogP contribution in [0.4, 0.5) is 19.0 Å². The van der Waals surface area contributed by atoms with E-state index in [2.05, 4.69) is 4.98 Å². The Kier molecular flexibility index (Phi) is 5.02. The number of aliphatic hydroxyl groups excluding tert-OH is 1. The van der Waals surface area contributed by atoms with Gasteiger partial charge in [-0.3, -0.25) is 4.79 Å². The molecule has 1 saturated carbocycles. The third kappa shape index (κ3) is 3.47. The summed E-state index contributed by atoms with van der Waals surface area (Å²) in [7, 11) is 0. The molecule has 1 aromatic rings. The van der Waals surface area contributed by atoms with Crippen LogP contribution in [0.2, 0.25) is 0 Å². The van der Waals surface area contributed by atoms with Gasteiger partial charge in [-0.1, -0.05) is 0 Å². The highest BCUT2D eigenvalue weighted by Crippen LogP contribution is 2.45. The van der Waals surface area contributed by atoms with Crippen molar-refractivity contribution >= 4 is 11.7 Å². The Morgan fingerprint density at radius 2 is 1.89 bits per heavy atom. The fourth-order valence-electron chi connectivity index (χ4n) is 5.13. The number of halogens is 3. The third-order valence-corrected chi connectivity index (χ3v) is 6.62. The lowest BCUT2D eigenvalue weighted by Gasteiger charge is -2.41. The molecule has 8 heteroatoms. The van der Waals surface area contributed by atoms with Gasteiger partial charge in [-0.2, -0.15) is 13.2 Å². The van der Waals surface area contributed by atoms with Gasteiger partial charge >= 0.3 is 6.18 Å². The molecule has 3 heterocycles. The topological polar surface area (TPSA) is 56.7 Å². The molecule has 3 aliphatic rings. The van der Waals surface area contributed by atoms with Gasteiger partial charge in [0.15, 0.2) is 0 Å². The molecule has 1 atom stereocenters. The van der Waals surface area contributed by atoms with E-state index in [0.29, 0.717) is 45.2 Å². The average molecular weight is 397 g/mol. The number of carbonyl (C=O) groups excluding carboxylic acids is 1. The van der Waals surface area contributed by atoms with E-state index in [1.165, 1.54) is 12.3 Å². The fraction of sp³-hybridized carbons (Fsp3) is 0.700. The van der Waals surface area contributed by atoms with E-state index in [1.54, 1.807) is 4.90 Å². The maximum Gasteiger partial charge on any atom is 0.419 e. The number of nitrogens with zero attached hydrogens (tertiary/aromatic N) is 3. The summed E-state index contributed by atoms with van der Waals surface area (Å²) in [6.45, 7) is 1.42. The minimum atomic E-state index is -4.47. The summed E-state index contributed by atoms with van der Waals surface area (Å²) in [5.74, 6) is 0.00388. The van der Waals surface area contributed by atoms with Crippen LogP contribution in [0, 0.1) is 5.41 Å². The number of pyridine rings is 1. The van der Waals surface area contributed by atoms with E-state index in [9.17, 15) is 23.1 Å². The molecule has 2 saturated heterocycles. The molecule has 28 heavy (non-hydrogen) atoms. The normalized spacial score (nSPS) is 31.6. The summed E-state index contributed by atoms with van der Waals surface area (Å²) < 4.78 is 40.3. The molecule has 0 radical (unpaired) electrons. The first-order valence-corrected chi connectivity index (χ1v) is 10.1. The minimum Gasteiger partial charge on any atom is -0.393 e. The molecule has 1 amide bonds. The lowest BCUT2D eigenvalue weighted by Crippen LogP contribution is -2.50. The Balaban J connectivity index is 1.54. The van der Waals surface area contributed by atoms with E-state index >= 15 is 0 Å². The lowest BCUT2D eigenvalue weighted by atomic mass is 9.78. The SMILES string of the molecule is O=C1N([C@H]2CC[C@@H](O)CC2)CC[C@]12CCCN(c1ncccc1C(F)(F)F)C2. The molecule has 5 nitrogen and oxygen atoms in total. The number of hydrogen-bond donors (Lipinski definition) is 1. The van der Waals surface area contributed by atoms with E-state index < -0.39 is 17.2 Å². The average Bonchev–Trinajstić information content (AvgIpc) is 2.98. The zero-order chi connectivity index (χ0) is 19.9. The Bertz CT molecular complexity index is 734. The van der Waals surface area contributed by atoms with Crippen LogP contribution in [0.25, 0.3) is 0 Å². The molecule has 1 N–H and O–H groups in total. The quantitative estimate of drug-likeness (QED) is 0.833. The van der Waals surface area contributed by atoms with Crippen molar-refractivity contribution in [2.75, 3.05) is 24.5 Å². The Morgan fingerprint density at radius 1 is 1.14 bits per heavy atom. The van der Waals surface area contributed by atoms with Crippen molar-refractivity contribution in [1.29, 1.82) is 0 Å². The predicted molar refractivity (Wildman–Crippen MR) is 97.7 cm³/mol. The minimum absolute atomic E-state index is 0.0684. The zero-order valence-corrected chi connectivity index (χ0v) is 15.8. The van der Waals surface area contributed by atoms with Crippen molar-refractivity contribution in [3.05, 3.63) is 23.9 Å². The summed E-state index contributed by atoms with van der Waals surface area (Å²) in [4.78, 5) is 20.9. The standard InChI is InChI=1S/C20H26F3N3O2/c21-20(22,23)16-3-1-10-24-17(16)25-11-2-8-19(13-25)9-12-26(18(19)28)14-4-6-15(27)7-5-14/h1,3,10,14-15,27H,2,4-9,11-13H2/t14-,15+,19-/m0/s1. The van der Waals surface area contributed by atoms with Gasteiger partial charge in [0.1, 0.15) is 5.82 Å². The van der Waals surface area contributed by atoms with Gasteiger partial charge in [-0.25, -0.2) is 4.98 Å².